The highest BCUT2D eigenvalue weighted by Crippen LogP contribution is 2.58. The van der Waals surface area contributed by atoms with Gasteiger partial charge in [0.2, 0.25) is 17.7 Å². The van der Waals surface area contributed by atoms with Crippen LogP contribution in [0.2, 0.25) is 0 Å². The van der Waals surface area contributed by atoms with Crippen molar-refractivity contribution in [2.75, 3.05) is 31.1 Å². The summed E-state index contributed by atoms with van der Waals surface area (Å²) < 4.78 is 6.90. The summed E-state index contributed by atoms with van der Waals surface area (Å²) in [5, 5.41) is 9.66. The van der Waals surface area contributed by atoms with Gasteiger partial charge in [0.1, 0.15) is 11.6 Å². The quantitative estimate of drug-likeness (QED) is 0.548. The predicted octanol–water partition coefficient (Wildman–Crippen LogP) is 3.56. The van der Waals surface area contributed by atoms with Crippen molar-refractivity contribution in [3.8, 4) is 0 Å². The maximum absolute atomic E-state index is 14.6. The fourth-order valence-corrected chi connectivity index (χ4v) is 7.78. The first-order valence-corrected chi connectivity index (χ1v) is 14.4. The number of carbonyl (C=O) groups is 3. The molecule has 0 saturated carbocycles. The van der Waals surface area contributed by atoms with Crippen LogP contribution in [0.25, 0.3) is 0 Å². The van der Waals surface area contributed by atoms with Gasteiger partial charge in [-0.1, -0.05) is 63.3 Å². The molecule has 0 radical (unpaired) electrons. The van der Waals surface area contributed by atoms with Crippen LogP contribution in [0.15, 0.2) is 54.6 Å². The fourth-order valence-electron chi connectivity index (χ4n) is 7.78. The van der Waals surface area contributed by atoms with E-state index < -0.39 is 34.6 Å². The van der Waals surface area contributed by atoms with E-state index in [4.69, 9.17) is 4.74 Å². The Bertz CT molecular complexity index is 1230. The van der Waals surface area contributed by atoms with Crippen molar-refractivity contribution < 1.29 is 24.2 Å². The van der Waals surface area contributed by atoms with E-state index in [9.17, 15) is 19.5 Å². The van der Waals surface area contributed by atoms with Crippen molar-refractivity contribution in [2.24, 2.45) is 17.3 Å². The zero-order valence-corrected chi connectivity index (χ0v) is 24.6. The van der Waals surface area contributed by atoms with E-state index in [1.54, 1.807) is 9.80 Å². The standard InChI is InChI=1S/C32H43N3O5/c1-29(2,3)21-30(4,5)35-19-11-16-32-24(27(38)34(18-12-20-36)25(32)28(35)39)23-26(37)33(22-13-8-7-9-14-22)17-10-15-31(23,6)40-32/h7-11,13-16,23-25,36H,12,17-21H2,1-6H3/t23-,24-,25?,31+,32-/m0/s1. The topological polar surface area (TPSA) is 90.4 Å². The molecule has 4 aliphatic heterocycles. The molecule has 3 amide bonds. The highest BCUT2D eigenvalue weighted by atomic mass is 16.5. The minimum atomic E-state index is -1.30. The van der Waals surface area contributed by atoms with E-state index in [-0.39, 0.29) is 36.3 Å². The molecule has 1 N–H and O–H groups in total. The minimum absolute atomic E-state index is 0.0231. The van der Waals surface area contributed by atoms with Crippen LogP contribution >= 0.6 is 0 Å². The number of amides is 3. The number of hydrogen-bond acceptors (Lipinski definition) is 5. The number of aliphatic hydroxyl groups is 1. The second kappa shape index (κ2) is 9.84. The van der Waals surface area contributed by atoms with Crippen LogP contribution in [0.4, 0.5) is 5.69 Å². The Morgan fingerprint density at radius 2 is 1.60 bits per heavy atom. The number of hydrogen-bond donors (Lipinski definition) is 1. The average Bonchev–Trinajstić information content (AvgIpc) is 3.12. The molecule has 1 aromatic rings. The largest absolute Gasteiger partial charge is 0.396 e. The van der Waals surface area contributed by atoms with Crippen LogP contribution in [0, 0.1) is 17.3 Å². The van der Waals surface area contributed by atoms with Crippen molar-refractivity contribution in [1.82, 2.24) is 9.80 Å². The Morgan fingerprint density at radius 3 is 2.25 bits per heavy atom. The van der Waals surface area contributed by atoms with Gasteiger partial charge in [0.25, 0.3) is 0 Å². The first-order chi connectivity index (χ1) is 18.8. The lowest BCUT2D eigenvalue weighted by atomic mass is 9.74. The van der Waals surface area contributed by atoms with Gasteiger partial charge in [-0.15, -0.1) is 0 Å². The van der Waals surface area contributed by atoms with Crippen LogP contribution in [0.3, 0.4) is 0 Å². The van der Waals surface area contributed by atoms with Crippen LogP contribution < -0.4 is 4.90 Å². The van der Waals surface area contributed by atoms with Crippen molar-refractivity contribution in [2.45, 2.75) is 77.2 Å². The van der Waals surface area contributed by atoms with E-state index in [0.717, 1.165) is 12.1 Å². The summed E-state index contributed by atoms with van der Waals surface area (Å²) in [5.74, 6) is -2.31. The van der Waals surface area contributed by atoms with Crippen LogP contribution in [-0.2, 0) is 19.1 Å². The average molecular weight is 550 g/mol. The van der Waals surface area contributed by atoms with E-state index in [2.05, 4.69) is 34.6 Å². The minimum Gasteiger partial charge on any atom is -0.396 e. The molecule has 0 aromatic heterocycles. The molecule has 1 unspecified atom stereocenters. The molecule has 40 heavy (non-hydrogen) atoms. The Morgan fingerprint density at radius 1 is 0.925 bits per heavy atom. The summed E-state index contributed by atoms with van der Waals surface area (Å²) in [6.07, 6.45) is 8.75. The van der Waals surface area contributed by atoms with Gasteiger partial charge >= 0.3 is 0 Å². The number of nitrogens with zero attached hydrogens (tertiary/aromatic N) is 3. The molecule has 1 aromatic carbocycles. The number of ether oxygens (including phenoxy) is 1. The number of aliphatic hydroxyl groups excluding tert-OH is 1. The SMILES string of the molecule is CC(C)(C)CC(C)(C)N1CC=C[C@]23O[C@]4(C)C=CCN(c5ccccc5)C(=O)[C@@H]4[C@H]2C(=O)N(CCCO)C3C1=O. The van der Waals surface area contributed by atoms with Crippen molar-refractivity contribution in [3.05, 3.63) is 54.6 Å². The molecule has 0 bridgehead atoms. The molecule has 2 saturated heterocycles. The highest BCUT2D eigenvalue weighted by Gasteiger charge is 2.75. The number of para-hydroxylation sites is 1. The molecule has 8 nitrogen and oxygen atoms in total. The number of carbonyl (C=O) groups excluding carboxylic acids is 3. The van der Waals surface area contributed by atoms with Gasteiger partial charge in [0.15, 0.2) is 0 Å². The lowest BCUT2D eigenvalue weighted by Crippen LogP contribution is -2.60. The zero-order chi connectivity index (χ0) is 29.1. The van der Waals surface area contributed by atoms with Crippen molar-refractivity contribution in [1.29, 1.82) is 0 Å². The number of rotatable bonds is 6. The third-order valence-electron chi connectivity index (χ3n) is 8.88. The molecule has 2 fully saturated rings. The summed E-state index contributed by atoms with van der Waals surface area (Å²) >= 11 is 0. The van der Waals surface area contributed by atoms with Crippen LogP contribution in [-0.4, -0.2) is 81.7 Å². The summed E-state index contributed by atoms with van der Waals surface area (Å²) in [6.45, 7) is 13.3. The molecule has 216 valence electrons. The summed E-state index contributed by atoms with van der Waals surface area (Å²) in [5.41, 5.74) is -2.12. The van der Waals surface area contributed by atoms with Gasteiger partial charge in [0, 0.05) is 37.5 Å². The number of likely N-dealkylation sites (tertiary alicyclic amines) is 1. The highest BCUT2D eigenvalue weighted by molar-refractivity contribution is 6.04. The van der Waals surface area contributed by atoms with E-state index in [1.165, 1.54) is 0 Å². The monoisotopic (exact) mass is 549 g/mol. The lowest BCUT2D eigenvalue weighted by Gasteiger charge is -2.44. The number of anilines is 1. The molecule has 0 aliphatic carbocycles. The normalized spacial score (nSPS) is 32.2. The second-order valence-corrected chi connectivity index (χ2v) is 13.7. The van der Waals surface area contributed by atoms with Crippen LogP contribution in [0.5, 0.6) is 0 Å². The molecule has 5 rings (SSSR count). The third kappa shape index (κ3) is 4.49. The van der Waals surface area contributed by atoms with Gasteiger partial charge in [0.05, 0.1) is 17.4 Å². The Kier molecular flexibility index (Phi) is 7.02. The smallest absolute Gasteiger partial charge is 0.249 e. The maximum atomic E-state index is 14.6. The molecule has 4 heterocycles. The first kappa shape index (κ1) is 28.6. The predicted molar refractivity (Wildman–Crippen MR) is 153 cm³/mol. The summed E-state index contributed by atoms with van der Waals surface area (Å²) in [7, 11) is 0. The summed E-state index contributed by atoms with van der Waals surface area (Å²) in [6, 6.07) is 8.52. The van der Waals surface area contributed by atoms with Gasteiger partial charge in [-0.3, -0.25) is 14.4 Å². The Labute approximate surface area is 237 Å². The van der Waals surface area contributed by atoms with Gasteiger partial charge < -0.3 is 24.5 Å². The van der Waals surface area contributed by atoms with Crippen LogP contribution in [0.1, 0.15) is 54.4 Å². The second-order valence-electron chi connectivity index (χ2n) is 13.7. The van der Waals surface area contributed by atoms with E-state index in [0.29, 0.717) is 19.5 Å². The first-order valence-electron chi connectivity index (χ1n) is 14.4. The lowest BCUT2D eigenvalue weighted by molar-refractivity contribution is -0.155. The molecule has 5 atom stereocenters. The number of benzene rings is 1. The molecule has 8 heteroatoms. The molecule has 4 aliphatic rings. The van der Waals surface area contributed by atoms with Gasteiger partial charge in [-0.25, -0.2) is 0 Å². The fraction of sp³-hybridized carbons (Fsp3) is 0.594. The molecular formula is C32H43N3O5. The van der Waals surface area contributed by atoms with E-state index >= 15 is 0 Å². The van der Waals surface area contributed by atoms with Crippen molar-refractivity contribution >= 4 is 23.4 Å². The van der Waals surface area contributed by atoms with E-state index in [1.807, 2.05) is 66.5 Å². The molecule has 1 spiro atoms. The molecular weight excluding hydrogens is 506 g/mol. The Hall–Kier alpha value is -2.97. The van der Waals surface area contributed by atoms with Gasteiger partial charge in [-0.2, -0.15) is 0 Å². The third-order valence-corrected chi connectivity index (χ3v) is 8.88. The number of fused-ring (bicyclic) bond motifs is 2. The summed E-state index contributed by atoms with van der Waals surface area (Å²) in [4.78, 5) is 48.4. The van der Waals surface area contributed by atoms with Crippen molar-refractivity contribution in [3.63, 3.8) is 0 Å². The zero-order valence-electron chi connectivity index (χ0n) is 24.6. The van der Waals surface area contributed by atoms with Gasteiger partial charge in [-0.05, 0) is 51.2 Å². The maximum Gasteiger partial charge on any atom is 0.249 e. The Balaban J connectivity index is 1.61.